The van der Waals surface area contributed by atoms with Crippen LogP contribution >= 0.6 is 23.1 Å². The number of amides is 1. The van der Waals surface area contributed by atoms with Gasteiger partial charge in [0, 0.05) is 24.1 Å². The van der Waals surface area contributed by atoms with Crippen LogP contribution in [0.2, 0.25) is 0 Å². The number of hydrogen-bond acceptors (Lipinski definition) is 6. The summed E-state index contributed by atoms with van der Waals surface area (Å²) in [5, 5.41) is 1.34. The lowest BCUT2D eigenvalue weighted by atomic mass is 10.1. The second-order valence-corrected chi connectivity index (χ2v) is 10.1. The molecule has 0 N–H and O–H groups in total. The Kier molecular flexibility index (Phi) is 6.43. The number of aromatic nitrogens is 2. The summed E-state index contributed by atoms with van der Waals surface area (Å²) in [5.74, 6) is 1.53. The predicted octanol–water partition coefficient (Wildman–Crippen LogP) is 5.04. The Morgan fingerprint density at radius 3 is 2.62 bits per heavy atom. The molecule has 4 aromatic rings. The fourth-order valence-corrected chi connectivity index (χ4v) is 6.44. The fourth-order valence-electron chi connectivity index (χ4n) is 4.20. The molecule has 174 valence electrons. The third-order valence-corrected chi connectivity index (χ3v) is 8.03. The van der Waals surface area contributed by atoms with E-state index in [1.54, 1.807) is 23.3 Å². The van der Waals surface area contributed by atoms with Crippen LogP contribution in [0.4, 0.5) is 0 Å². The minimum Gasteiger partial charge on any atom is -0.494 e. The third-order valence-electron chi connectivity index (χ3n) is 5.91. The van der Waals surface area contributed by atoms with Crippen LogP contribution in [0.1, 0.15) is 29.9 Å². The molecule has 34 heavy (non-hydrogen) atoms. The van der Waals surface area contributed by atoms with Crippen molar-refractivity contribution in [2.75, 3.05) is 13.2 Å². The highest BCUT2D eigenvalue weighted by atomic mass is 32.2. The Labute approximate surface area is 206 Å². The normalized spacial score (nSPS) is 13.2. The highest BCUT2D eigenvalue weighted by Crippen LogP contribution is 2.35. The second kappa shape index (κ2) is 9.64. The number of fused-ring (bicyclic) bond motifs is 3. The van der Waals surface area contributed by atoms with Crippen LogP contribution < -0.4 is 10.3 Å². The van der Waals surface area contributed by atoms with Gasteiger partial charge in [0.1, 0.15) is 10.6 Å². The number of carbonyl (C=O) groups excluding carboxylic acids is 1. The summed E-state index contributed by atoms with van der Waals surface area (Å²) in [4.78, 5) is 34.4. The molecule has 0 radical (unpaired) electrons. The molecule has 0 aliphatic carbocycles. The van der Waals surface area contributed by atoms with Crippen molar-refractivity contribution in [2.24, 2.45) is 0 Å². The molecule has 1 aliphatic heterocycles. The van der Waals surface area contributed by atoms with E-state index in [9.17, 15) is 9.59 Å². The van der Waals surface area contributed by atoms with Gasteiger partial charge in [-0.2, -0.15) is 0 Å². The van der Waals surface area contributed by atoms with E-state index >= 15 is 0 Å². The summed E-state index contributed by atoms with van der Waals surface area (Å²) < 4.78 is 7.30. The van der Waals surface area contributed by atoms with E-state index in [4.69, 9.17) is 9.72 Å². The van der Waals surface area contributed by atoms with Crippen molar-refractivity contribution >= 4 is 39.2 Å². The van der Waals surface area contributed by atoms with E-state index in [0.717, 1.165) is 26.7 Å². The van der Waals surface area contributed by atoms with Gasteiger partial charge in [0.15, 0.2) is 5.16 Å². The summed E-state index contributed by atoms with van der Waals surface area (Å²) in [5.41, 5.74) is 2.91. The standard InChI is InChI=1S/C26H25N3O3S2/c1-3-32-20-11-9-19(10-12-20)29-25(31)23-21-13-14-28(17(2)30)15-22(21)34-24(23)27-26(29)33-16-18-7-5-4-6-8-18/h4-12H,3,13-16H2,1-2H3. The van der Waals surface area contributed by atoms with Gasteiger partial charge in [0.2, 0.25) is 5.91 Å². The zero-order chi connectivity index (χ0) is 23.7. The maximum absolute atomic E-state index is 13.9. The zero-order valence-corrected chi connectivity index (χ0v) is 20.7. The molecule has 6 nitrogen and oxygen atoms in total. The Bertz CT molecular complexity index is 1400. The van der Waals surface area contributed by atoms with E-state index in [-0.39, 0.29) is 11.5 Å². The zero-order valence-electron chi connectivity index (χ0n) is 19.1. The Morgan fingerprint density at radius 1 is 1.15 bits per heavy atom. The first-order chi connectivity index (χ1) is 16.5. The topological polar surface area (TPSA) is 64.4 Å². The lowest BCUT2D eigenvalue weighted by Gasteiger charge is -2.25. The Hall–Kier alpha value is -3.10. The van der Waals surface area contributed by atoms with E-state index in [0.29, 0.717) is 42.4 Å². The molecule has 0 saturated carbocycles. The maximum Gasteiger partial charge on any atom is 0.267 e. The van der Waals surface area contributed by atoms with Gasteiger partial charge in [0.25, 0.3) is 5.56 Å². The quantitative estimate of drug-likeness (QED) is 0.279. The first-order valence-electron chi connectivity index (χ1n) is 11.3. The number of hydrogen-bond donors (Lipinski definition) is 0. The first kappa shape index (κ1) is 22.7. The molecular formula is C26H25N3O3S2. The van der Waals surface area contributed by atoms with Gasteiger partial charge in [0.05, 0.1) is 24.2 Å². The average molecular weight is 492 g/mol. The molecule has 8 heteroatoms. The lowest BCUT2D eigenvalue weighted by Crippen LogP contribution is -2.34. The third kappa shape index (κ3) is 4.35. The molecule has 3 heterocycles. The number of thiophene rings is 1. The summed E-state index contributed by atoms with van der Waals surface area (Å²) >= 11 is 3.08. The first-order valence-corrected chi connectivity index (χ1v) is 13.1. The molecule has 0 atom stereocenters. The lowest BCUT2D eigenvalue weighted by molar-refractivity contribution is -0.129. The fraction of sp³-hybridized carbons (Fsp3) is 0.269. The molecule has 0 bridgehead atoms. The summed E-state index contributed by atoms with van der Waals surface area (Å²) in [7, 11) is 0. The van der Waals surface area contributed by atoms with Gasteiger partial charge in [-0.1, -0.05) is 42.1 Å². The maximum atomic E-state index is 13.9. The van der Waals surface area contributed by atoms with Gasteiger partial charge in [-0.25, -0.2) is 4.98 Å². The van der Waals surface area contributed by atoms with E-state index in [1.807, 2.05) is 54.3 Å². The summed E-state index contributed by atoms with van der Waals surface area (Å²) in [6, 6.07) is 17.8. The largest absolute Gasteiger partial charge is 0.494 e. The van der Waals surface area contributed by atoms with Gasteiger partial charge < -0.3 is 9.64 Å². The molecule has 0 saturated heterocycles. The van der Waals surface area contributed by atoms with Crippen molar-refractivity contribution in [1.29, 1.82) is 0 Å². The van der Waals surface area contributed by atoms with E-state index < -0.39 is 0 Å². The van der Waals surface area contributed by atoms with Crippen LogP contribution in [0.5, 0.6) is 5.75 Å². The molecule has 2 aromatic heterocycles. The average Bonchev–Trinajstić information content (AvgIpc) is 3.22. The number of benzene rings is 2. The molecule has 0 unspecified atom stereocenters. The van der Waals surface area contributed by atoms with Crippen LogP contribution in [0.25, 0.3) is 15.9 Å². The van der Waals surface area contributed by atoms with Gasteiger partial charge in [-0.15, -0.1) is 11.3 Å². The molecule has 1 amide bonds. The molecule has 2 aromatic carbocycles. The van der Waals surface area contributed by atoms with Gasteiger partial charge in [-0.3, -0.25) is 14.2 Å². The smallest absolute Gasteiger partial charge is 0.267 e. The molecule has 0 fully saturated rings. The van der Waals surface area contributed by atoms with Crippen molar-refractivity contribution in [1.82, 2.24) is 14.5 Å². The van der Waals surface area contributed by atoms with Crippen LogP contribution in [0, 0.1) is 0 Å². The second-order valence-electron chi connectivity index (χ2n) is 8.11. The van der Waals surface area contributed by atoms with E-state index in [2.05, 4.69) is 12.1 Å². The minimum absolute atomic E-state index is 0.0569. The van der Waals surface area contributed by atoms with Crippen molar-refractivity contribution in [3.63, 3.8) is 0 Å². The van der Waals surface area contributed by atoms with Crippen LogP contribution in [0.3, 0.4) is 0 Å². The highest BCUT2D eigenvalue weighted by Gasteiger charge is 2.26. The number of nitrogens with zero attached hydrogens (tertiary/aromatic N) is 3. The summed E-state index contributed by atoms with van der Waals surface area (Å²) in [6.07, 6.45) is 0.672. The van der Waals surface area contributed by atoms with Gasteiger partial charge in [-0.05, 0) is 48.7 Å². The monoisotopic (exact) mass is 491 g/mol. The number of rotatable bonds is 6. The van der Waals surface area contributed by atoms with Gasteiger partial charge >= 0.3 is 0 Å². The molecule has 1 aliphatic rings. The Morgan fingerprint density at radius 2 is 1.91 bits per heavy atom. The van der Waals surface area contributed by atoms with E-state index in [1.165, 1.54) is 16.9 Å². The highest BCUT2D eigenvalue weighted by molar-refractivity contribution is 7.98. The van der Waals surface area contributed by atoms with Crippen molar-refractivity contribution in [3.05, 3.63) is 81.0 Å². The Balaban J connectivity index is 1.62. The molecular weight excluding hydrogens is 466 g/mol. The van der Waals surface area contributed by atoms with Crippen molar-refractivity contribution in [3.8, 4) is 11.4 Å². The van der Waals surface area contributed by atoms with Crippen molar-refractivity contribution in [2.45, 2.75) is 37.7 Å². The number of carbonyl (C=O) groups is 1. The van der Waals surface area contributed by atoms with Crippen LogP contribution in [-0.4, -0.2) is 33.5 Å². The summed E-state index contributed by atoms with van der Waals surface area (Å²) in [6.45, 7) is 5.29. The van der Waals surface area contributed by atoms with Crippen LogP contribution in [-0.2, 0) is 23.5 Å². The van der Waals surface area contributed by atoms with Crippen LogP contribution in [0.15, 0.2) is 64.5 Å². The number of ether oxygens (including phenoxy) is 1. The number of thioether (sulfide) groups is 1. The minimum atomic E-state index is -0.0569. The molecule has 5 rings (SSSR count). The van der Waals surface area contributed by atoms with Crippen molar-refractivity contribution < 1.29 is 9.53 Å². The predicted molar refractivity (Wildman–Crippen MR) is 137 cm³/mol. The molecule has 0 spiro atoms. The SMILES string of the molecule is CCOc1ccc(-n2c(SCc3ccccc3)nc3sc4c(c3c2=O)CCN(C(C)=O)C4)cc1.